The number of amides is 1. The van der Waals surface area contributed by atoms with Crippen LogP contribution in [0.25, 0.3) is 0 Å². The van der Waals surface area contributed by atoms with Gasteiger partial charge < -0.3 is 10.4 Å². The molecule has 1 aliphatic heterocycles. The number of carboxylic acids is 1. The van der Waals surface area contributed by atoms with Crippen LogP contribution in [0.4, 0.5) is 0 Å². The number of hydrogen-bond donors (Lipinski definition) is 2. The third kappa shape index (κ3) is 4.18. The summed E-state index contributed by atoms with van der Waals surface area (Å²) < 4.78 is 0. The van der Waals surface area contributed by atoms with Crippen molar-refractivity contribution in [2.45, 2.75) is 20.3 Å². The van der Waals surface area contributed by atoms with E-state index in [9.17, 15) is 9.59 Å². The Hall–Kier alpha value is -1.10. The molecule has 1 saturated heterocycles. The Morgan fingerprint density at radius 1 is 1.50 bits per heavy atom. The molecule has 0 radical (unpaired) electrons. The van der Waals surface area contributed by atoms with Gasteiger partial charge in [-0.25, -0.2) is 0 Å². The van der Waals surface area contributed by atoms with Gasteiger partial charge in [-0.3, -0.25) is 14.5 Å². The van der Waals surface area contributed by atoms with Crippen molar-refractivity contribution >= 4 is 11.9 Å². The zero-order valence-corrected chi connectivity index (χ0v) is 9.90. The predicted octanol–water partition coefficient (Wildman–Crippen LogP) is 0.165. The minimum Gasteiger partial charge on any atom is -0.480 e. The smallest absolute Gasteiger partial charge is 0.322 e. The van der Waals surface area contributed by atoms with Crippen LogP contribution in [0, 0.1) is 11.8 Å². The summed E-state index contributed by atoms with van der Waals surface area (Å²) in [5.74, 6) is 0.0981. The fourth-order valence-electron chi connectivity index (χ4n) is 1.98. The van der Waals surface area contributed by atoms with Gasteiger partial charge in [-0.15, -0.1) is 0 Å². The minimum absolute atomic E-state index is 0.202. The van der Waals surface area contributed by atoms with Crippen LogP contribution in [-0.2, 0) is 9.59 Å². The molecule has 16 heavy (non-hydrogen) atoms. The van der Waals surface area contributed by atoms with Crippen molar-refractivity contribution < 1.29 is 14.7 Å². The SMILES string of the molecule is CC(C)C1CCN(CC(=O)NCC(=O)O)C1. The fraction of sp³-hybridized carbons (Fsp3) is 0.818. The topological polar surface area (TPSA) is 69.6 Å². The standard InChI is InChI=1S/C11H20N2O3/c1-8(2)9-3-4-13(6-9)7-10(14)12-5-11(15)16/h8-9H,3-7H2,1-2H3,(H,12,14)(H,15,16). The highest BCUT2D eigenvalue weighted by molar-refractivity contribution is 5.82. The Morgan fingerprint density at radius 2 is 2.19 bits per heavy atom. The van der Waals surface area contributed by atoms with Gasteiger partial charge in [0, 0.05) is 6.54 Å². The van der Waals surface area contributed by atoms with E-state index in [4.69, 9.17) is 5.11 Å². The Morgan fingerprint density at radius 3 is 2.69 bits per heavy atom. The van der Waals surface area contributed by atoms with Crippen molar-refractivity contribution in [1.82, 2.24) is 10.2 Å². The molecule has 2 N–H and O–H groups in total. The molecule has 1 rings (SSSR count). The van der Waals surface area contributed by atoms with Crippen molar-refractivity contribution in [3.63, 3.8) is 0 Å². The van der Waals surface area contributed by atoms with Crippen LogP contribution in [0.2, 0.25) is 0 Å². The van der Waals surface area contributed by atoms with Gasteiger partial charge in [0.2, 0.25) is 5.91 Å². The maximum Gasteiger partial charge on any atom is 0.322 e. The van der Waals surface area contributed by atoms with Crippen molar-refractivity contribution in [2.75, 3.05) is 26.2 Å². The number of carbonyl (C=O) groups is 2. The zero-order valence-electron chi connectivity index (χ0n) is 9.90. The Kier molecular flexibility index (Phi) is 4.73. The van der Waals surface area contributed by atoms with Crippen LogP contribution in [-0.4, -0.2) is 48.1 Å². The van der Waals surface area contributed by atoms with E-state index in [1.807, 2.05) is 0 Å². The summed E-state index contributed by atoms with van der Waals surface area (Å²) >= 11 is 0. The maximum absolute atomic E-state index is 11.4. The molecule has 0 bridgehead atoms. The number of likely N-dealkylation sites (tertiary alicyclic amines) is 1. The lowest BCUT2D eigenvalue weighted by Crippen LogP contribution is -2.38. The van der Waals surface area contributed by atoms with Crippen LogP contribution in [0.15, 0.2) is 0 Å². The predicted molar refractivity (Wildman–Crippen MR) is 60.0 cm³/mol. The molecule has 5 nitrogen and oxygen atoms in total. The highest BCUT2D eigenvalue weighted by Crippen LogP contribution is 2.22. The molecule has 0 aromatic heterocycles. The van der Waals surface area contributed by atoms with Gasteiger partial charge in [-0.05, 0) is 24.8 Å². The van der Waals surface area contributed by atoms with Crippen molar-refractivity contribution in [3.05, 3.63) is 0 Å². The summed E-state index contributed by atoms with van der Waals surface area (Å²) in [6, 6.07) is 0. The first-order chi connectivity index (χ1) is 7.49. The van der Waals surface area contributed by atoms with E-state index < -0.39 is 5.97 Å². The molecule has 0 spiro atoms. The molecule has 0 aromatic rings. The number of rotatable bonds is 5. The first-order valence-electron chi connectivity index (χ1n) is 5.70. The second kappa shape index (κ2) is 5.84. The molecular formula is C11H20N2O3. The summed E-state index contributed by atoms with van der Waals surface area (Å²) in [5.41, 5.74) is 0. The van der Waals surface area contributed by atoms with Gasteiger partial charge in [-0.1, -0.05) is 13.8 Å². The summed E-state index contributed by atoms with van der Waals surface area (Å²) in [6.45, 7) is 6.29. The van der Waals surface area contributed by atoms with E-state index in [-0.39, 0.29) is 12.5 Å². The van der Waals surface area contributed by atoms with Crippen LogP contribution in [0.1, 0.15) is 20.3 Å². The molecular weight excluding hydrogens is 208 g/mol. The minimum atomic E-state index is -1.00. The van der Waals surface area contributed by atoms with E-state index in [1.54, 1.807) is 0 Å². The fourth-order valence-corrected chi connectivity index (χ4v) is 1.98. The second-order valence-corrected chi connectivity index (χ2v) is 4.70. The average Bonchev–Trinajstić information content (AvgIpc) is 2.63. The Bertz CT molecular complexity index is 266. The molecule has 1 atom stereocenters. The molecule has 1 amide bonds. The molecule has 1 aliphatic rings. The zero-order chi connectivity index (χ0) is 12.1. The number of carbonyl (C=O) groups excluding carboxylic acids is 1. The van der Waals surface area contributed by atoms with Crippen LogP contribution in [0.3, 0.4) is 0 Å². The molecule has 1 heterocycles. The summed E-state index contributed by atoms with van der Waals surface area (Å²) in [7, 11) is 0. The molecule has 0 aromatic carbocycles. The largest absolute Gasteiger partial charge is 0.480 e. The van der Waals surface area contributed by atoms with Gasteiger partial charge in [0.25, 0.3) is 0 Å². The van der Waals surface area contributed by atoms with Gasteiger partial charge in [0.15, 0.2) is 0 Å². The summed E-state index contributed by atoms with van der Waals surface area (Å²) in [5, 5.41) is 10.8. The number of nitrogens with one attached hydrogen (secondary N) is 1. The van der Waals surface area contributed by atoms with Gasteiger partial charge in [0.05, 0.1) is 6.54 Å². The first-order valence-corrected chi connectivity index (χ1v) is 5.70. The lowest BCUT2D eigenvalue weighted by atomic mass is 9.95. The van der Waals surface area contributed by atoms with Crippen LogP contribution >= 0.6 is 0 Å². The maximum atomic E-state index is 11.4. The Labute approximate surface area is 95.8 Å². The molecule has 92 valence electrons. The third-order valence-corrected chi connectivity index (χ3v) is 3.06. The van der Waals surface area contributed by atoms with E-state index in [2.05, 4.69) is 24.1 Å². The van der Waals surface area contributed by atoms with Crippen molar-refractivity contribution in [3.8, 4) is 0 Å². The van der Waals surface area contributed by atoms with Crippen LogP contribution < -0.4 is 5.32 Å². The Balaban J connectivity index is 2.23. The van der Waals surface area contributed by atoms with Crippen molar-refractivity contribution in [2.24, 2.45) is 11.8 Å². The molecule has 1 fully saturated rings. The highest BCUT2D eigenvalue weighted by Gasteiger charge is 2.25. The third-order valence-electron chi connectivity index (χ3n) is 3.06. The van der Waals surface area contributed by atoms with E-state index in [0.717, 1.165) is 19.5 Å². The van der Waals surface area contributed by atoms with E-state index >= 15 is 0 Å². The van der Waals surface area contributed by atoms with E-state index in [1.165, 1.54) is 0 Å². The van der Waals surface area contributed by atoms with Crippen LogP contribution in [0.5, 0.6) is 0 Å². The number of nitrogens with zero attached hydrogens (tertiary/aromatic N) is 1. The average molecular weight is 228 g/mol. The highest BCUT2D eigenvalue weighted by atomic mass is 16.4. The number of hydrogen-bond acceptors (Lipinski definition) is 3. The van der Waals surface area contributed by atoms with Crippen molar-refractivity contribution in [1.29, 1.82) is 0 Å². The molecule has 0 aliphatic carbocycles. The summed E-state index contributed by atoms with van der Waals surface area (Å²) in [6.07, 6.45) is 1.13. The molecule has 5 heteroatoms. The van der Waals surface area contributed by atoms with E-state index in [0.29, 0.717) is 18.4 Å². The lowest BCUT2D eigenvalue weighted by molar-refractivity contribution is -0.138. The second-order valence-electron chi connectivity index (χ2n) is 4.70. The summed E-state index contributed by atoms with van der Waals surface area (Å²) in [4.78, 5) is 23.7. The number of carboxylic acid groups (broad SMARTS) is 1. The quantitative estimate of drug-likeness (QED) is 0.703. The molecule has 1 unspecified atom stereocenters. The first kappa shape index (κ1) is 13.0. The van der Waals surface area contributed by atoms with Gasteiger partial charge in [0.1, 0.15) is 6.54 Å². The lowest BCUT2D eigenvalue weighted by Gasteiger charge is -2.17. The van der Waals surface area contributed by atoms with Gasteiger partial charge in [-0.2, -0.15) is 0 Å². The molecule has 0 saturated carbocycles. The monoisotopic (exact) mass is 228 g/mol. The normalized spacial score (nSPS) is 21.3. The van der Waals surface area contributed by atoms with Gasteiger partial charge >= 0.3 is 5.97 Å². The number of aliphatic carboxylic acids is 1.